The summed E-state index contributed by atoms with van der Waals surface area (Å²) < 4.78 is 5.23. The second-order valence-corrected chi connectivity index (χ2v) is 7.41. The molecule has 1 fully saturated rings. The molecule has 1 saturated heterocycles. The summed E-state index contributed by atoms with van der Waals surface area (Å²) in [6.07, 6.45) is 0. The molecule has 0 saturated carbocycles. The molecule has 0 radical (unpaired) electrons. The van der Waals surface area contributed by atoms with Gasteiger partial charge in [0.1, 0.15) is 11.3 Å². The topological polar surface area (TPSA) is 105 Å². The van der Waals surface area contributed by atoms with Crippen LogP contribution in [0.1, 0.15) is 22.8 Å². The largest absolute Gasteiger partial charge is 0.384 e. The first kappa shape index (κ1) is 21.0. The van der Waals surface area contributed by atoms with Crippen LogP contribution in [-0.2, 0) is 10.3 Å². The number of aliphatic hydroxyl groups is 1. The van der Waals surface area contributed by atoms with Gasteiger partial charge in [-0.15, -0.1) is 0 Å². The van der Waals surface area contributed by atoms with Crippen molar-refractivity contribution in [1.29, 1.82) is 0 Å². The maximum atomic E-state index is 12.6. The Morgan fingerprint density at radius 1 is 1.31 bits per heavy atom. The number of anilines is 1. The molecule has 1 heterocycles. The predicted octanol–water partition coefficient (Wildman–Crippen LogP) is 3.04. The third-order valence-corrected chi connectivity index (χ3v) is 5.15. The molecule has 29 heavy (non-hydrogen) atoms. The van der Waals surface area contributed by atoms with Crippen LogP contribution >= 0.6 is 11.6 Å². The lowest BCUT2D eigenvalue weighted by atomic mass is 9.95. The van der Waals surface area contributed by atoms with E-state index in [-0.39, 0.29) is 29.4 Å². The number of amides is 1. The number of halogens is 1. The van der Waals surface area contributed by atoms with Crippen molar-refractivity contribution in [2.75, 3.05) is 38.2 Å². The van der Waals surface area contributed by atoms with E-state index < -0.39 is 10.5 Å². The van der Waals surface area contributed by atoms with E-state index in [1.807, 2.05) is 0 Å². The Hall–Kier alpha value is -2.68. The highest BCUT2D eigenvalue weighted by atomic mass is 35.5. The second-order valence-electron chi connectivity index (χ2n) is 7.00. The number of nitro benzene ring substituents is 1. The molecule has 1 amide bonds. The Labute approximate surface area is 173 Å². The van der Waals surface area contributed by atoms with Gasteiger partial charge in [-0.05, 0) is 25.1 Å². The summed E-state index contributed by atoms with van der Waals surface area (Å²) >= 11 is 6.15. The molecule has 9 heteroatoms. The molecule has 2 aromatic carbocycles. The highest BCUT2D eigenvalue weighted by molar-refractivity contribution is 6.31. The Morgan fingerprint density at radius 3 is 2.66 bits per heavy atom. The first-order valence-electron chi connectivity index (χ1n) is 9.16. The summed E-state index contributed by atoms with van der Waals surface area (Å²) in [5.41, 5.74) is -0.632. The lowest BCUT2D eigenvalue weighted by molar-refractivity contribution is -0.384. The molecule has 1 aliphatic heterocycles. The molecule has 1 aliphatic rings. The number of nitrogens with zero attached hydrogens (tertiary/aromatic N) is 2. The Balaban J connectivity index is 1.79. The zero-order chi connectivity index (χ0) is 21.0. The SMILES string of the molecule is CC(O)(CNc1ccc(C(=O)N2CCOCC2)cc1[N+](=O)[O-])c1ccccc1Cl. The van der Waals surface area contributed by atoms with E-state index in [0.717, 1.165) is 0 Å². The number of hydrogen-bond donors (Lipinski definition) is 2. The average molecular weight is 420 g/mol. The third kappa shape index (κ3) is 4.84. The molecule has 154 valence electrons. The quantitative estimate of drug-likeness (QED) is 0.550. The number of nitro groups is 1. The monoisotopic (exact) mass is 419 g/mol. The van der Waals surface area contributed by atoms with E-state index in [1.165, 1.54) is 18.2 Å². The first-order chi connectivity index (χ1) is 13.8. The molecular weight excluding hydrogens is 398 g/mol. The number of morpholine rings is 1. The number of benzene rings is 2. The van der Waals surface area contributed by atoms with Crippen molar-refractivity contribution in [3.63, 3.8) is 0 Å². The van der Waals surface area contributed by atoms with Crippen LogP contribution in [0.2, 0.25) is 5.02 Å². The molecular formula is C20H22ClN3O5. The van der Waals surface area contributed by atoms with E-state index in [4.69, 9.17) is 16.3 Å². The fraction of sp³-hybridized carbons (Fsp3) is 0.350. The van der Waals surface area contributed by atoms with Crippen molar-refractivity contribution in [2.24, 2.45) is 0 Å². The minimum atomic E-state index is -1.35. The molecule has 0 aromatic heterocycles. The maximum absolute atomic E-state index is 12.6. The van der Waals surface area contributed by atoms with Crippen molar-refractivity contribution in [2.45, 2.75) is 12.5 Å². The number of carbonyl (C=O) groups excluding carboxylic acids is 1. The Morgan fingerprint density at radius 2 is 2.00 bits per heavy atom. The third-order valence-electron chi connectivity index (χ3n) is 4.82. The van der Waals surface area contributed by atoms with Crippen molar-refractivity contribution >= 4 is 28.9 Å². The summed E-state index contributed by atoms with van der Waals surface area (Å²) in [4.78, 5) is 25.2. The summed E-state index contributed by atoms with van der Waals surface area (Å²) in [7, 11) is 0. The number of nitrogens with one attached hydrogen (secondary N) is 1. The summed E-state index contributed by atoms with van der Waals surface area (Å²) in [5, 5.41) is 25.7. The van der Waals surface area contributed by atoms with Gasteiger partial charge in [0, 0.05) is 41.9 Å². The van der Waals surface area contributed by atoms with E-state index in [1.54, 1.807) is 36.1 Å². The smallest absolute Gasteiger partial charge is 0.293 e. The number of hydrogen-bond acceptors (Lipinski definition) is 6. The fourth-order valence-corrected chi connectivity index (χ4v) is 3.51. The van der Waals surface area contributed by atoms with Crippen LogP contribution in [0.15, 0.2) is 42.5 Å². The van der Waals surface area contributed by atoms with Gasteiger partial charge in [0.05, 0.1) is 18.1 Å². The highest BCUT2D eigenvalue weighted by Crippen LogP contribution is 2.31. The van der Waals surface area contributed by atoms with Gasteiger partial charge < -0.3 is 20.1 Å². The molecule has 3 rings (SSSR count). The van der Waals surface area contributed by atoms with E-state index in [0.29, 0.717) is 36.9 Å². The van der Waals surface area contributed by atoms with Crippen LogP contribution in [0.3, 0.4) is 0 Å². The maximum Gasteiger partial charge on any atom is 0.293 e. The van der Waals surface area contributed by atoms with Crippen LogP contribution in [0, 0.1) is 10.1 Å². The molecule has 2 N–H and O–H groups in total. The van der Waals surface area contributed by atoms with Gasteiger partial charge >= 0.3 is 0 Å². The number of rotatable bonds is 6. The minimum absolute atomic E-state index is 0.00562. The standard InChI is InChI=1S/C20H22ClN3O5/c1-20(26,15-4-2-3-5-16(15)21)13-22-17-7-6-14(12-18(17)24(27)28)19(25)23-8-10-29-11-9-23/h2-7,12,22,26H,8-11,13H2,1H3. The Kier molecular flexibility index (Phi) is 6.36. The van der Waals surface area contributed by atoms with Crippen LogP contribution in [0.25, 0.3) is 0 Å². The fourth-order valence-electron chi connectivity index (χ4n) is 3.17. The Bertz CT molecular complexity index is 913. The first-order valence-corrected chi connectivity index (χ1v) is 9.54. The molecule has 0 aliphatic carbocycles. The minimum Gasteiger partial charge on any atom is -0.384 e. The van der Waals surface area contributed by atoms with E-state index in [9.17, 15) is 20.0 Å². The van der Waals surface area contributed by atoms with Gasteiger partial charge in [-0.25, -0.2) is 0 Å². The lowest BCUT2D eigenvalue weighted by Crippen LogP contribution is -2.40. The van der Waals surface area contributed by atoms with Gasteiger partial charge in [-0.2, -0.15) is 0 Å². The molecule has 1 atom stereocenters. The summed E-state index contributed by atoms with van der Waals surface area (Å²) in [6.45, 7) is 3.37. The molecule has 8 nitrogen and oxygen atoms in total. The zero-order valence-corrected chi connectivity index (χ0v) is 16.7. The normalized spacial score (nSPS) is 16.2. The van der Waals surface area contributed by atoms with E-state index >= 15 is 0 Å². The van der Waals surface area contributed by atoms with E-state index in [2.05, 4.69) is 5.32 Å². The number of ether oxygens (including phenoxy) is 1. The van der Waals surface area contributed by atoms with Crippen LogP contribution < -0.4 is 5.32 Å². The van der Waals surface area contributed by atoms with Gasteiger partial charge in [0.15, 0.2) is 0 Å². The van der Waals surface area contributed by atoms with Crippen molar-refractivity contribution in [1.82, 2.24) is 4.90 Å². The van der Waals surface area contributed by atoms with Crippen LogP contribution in [-0.4, -0.2) is 53.7 Å². The number of carbonyl (C=O) groups is 1. The molecule has 1 unspecified atom stereocenters. The zero-order valence-electron chi connectivity index (χ0n) is 15.9. The van der Waals surface area contributed by atoms with Crippen LogP contribution in [0.4, 0.5) is 11.4 Å². The molecule has 0 bridgehead atoms. The summed E-state index contributed by atoms with van der Waals surface area (Å²) in [6, 6.07) is 11.1. The highest BCUT2D eigenvalue weighted by Gasteiger charge is 2.27. The molecule has 2 aromatic rings. The predicted molar refractivity (Wildman–Crippen MR) is 109 cm³/mol. The van der Waals surface area contributed by atoms with Gasteiger partial charge in [0.25, 0.3) is 11.6 Å². The average Bonchev–Trinajstić information content (AvgIpc) is 2.72. The summed E-state index contributed by atoms with van der Waals surface area (Å²) in [5.74, 6) is -0.272. The van der Waals surface area contributed by atoms with Crippen molar-refractivity contribution in [3.05, 3.63) is 68.7 Å². The second kappa shape index (κ2) is 8.77. The van der Waals surface area contributed by atoms with Crippen LogP contribution in [0.5, 0.6) is 0 Å². The van der Waals surface area contributed by atoms with Crippen molar-refractivity contribution < 1.29 is 19.6 Å². The lowest BCUT2D eigenvalue weighted by Gasteiger charge is -2.27. The van der Waals surface area contributed by atoms with Crippen molar-refractivity contribution in [3.8, 4) is 0 Å². The van der Waals surface area contributed by atoms with Gasteiger partial charge in [-0.1, -0.05) is 29.8 Å². The molecule has 0 spiro atoms. The van der Waals surface area contributed by atoms with Gasteiger partial charge in [-0.3, -0.25) is 14.9 Å². The van der Waals surface area contributed by atoms with Gasteiger partial charge in [0.2, 0.25) is 0 Å².